The van der Waals surface area contributed by atoms with Crippen LogP contribution in [0, 0.1) is 6.92 Å². The molecular formula is C19H21ClN2. The monoisotopic (exact) mass is 312 g/mol. The first-order chi connectivity index (χ1) is 10.4. The SMILES string of the molecule is Cc1ccn2c(CCl)c(-c3ccc(C(C)(C)C)cc3)nc2c1. The van der Waals surface area contributed by atoms with Crippen LogP contribution in [0.1, 0.15) is 37.6 Å². The largest absolute Gasteiger partial charge is 0.302 e. The van der Waals surface area contributed by atoms with Crippen LogP contribution in [0.3, 0.4) is 0 Å². The molecule has 0 aliphatic carbocycles. The maximum absolute atomic E-state index is 6.19. The fourth-order valence-corrected chi connectivity index (χ4v) is 2.94. The molecule has 0 saturated carbocycles. The van der Waals surface area contributed by atoms with Gasteiger partial charge in [-0.05, 0) is 35.6 Å². The van der Waals surface area contributed by atoms with E-state index in [9.17, 15) is 0 Å². The average Bonchev–Trinajstić information content (AvgIpc) is 2.84. The third kappa shape index (κ3) is 2.64. The lowest BCUT2D eigenvalue weighted by atomic mass is 9.86. The molecule has 0 spiro atoms. The summed E-state index contributed by atoms with van der Waals surface area (Å²) in [5.41, 5.74) is 6.76. The standard InChI is InChI=1S/C19H21ClN2/c1-13-9-10-22-16(12-20)18(21-17(22)11-13)14-5-7-15(8-6-14)19(2,3)4/h5-11H,12H2,1-4H3. The van der Waals surface area contributed by atoms with E-state index < -0.39 is 0 Å². The van der Waals surface area contributed by atoms with Gasteiger partial charge in [-0.3, -0.25) is 0 Å². The lowest BCUT2D eigenvalue weighted by Crippen LogP contribution is -2.10. The van der Waals surface area contributed by atoms with E-state index in [-0.39, 0.29) is 5.41 Å². The minimum Gasteiger partial charge on any atom is -0.302 e. The van der Waals surface area contributed by atoms with E-state index in [4.69, 9.17) is 16.6 Å². The van der Waals surface area contributed by atoms with Crippen molar-refractivity contribution in [1.82, 2.24) is 9.38 Å². The molecule has 22 heavy (non-hydrogen) atoms. The molecule has 0 bridgehead atoms. The van der Waals surface area contributed by atoms with Crippen LogP contribution >= 0.6 is 11.6 Å². The van der Waals surface area contributed by atoms with Crippen molar-refractivity contribution in [2.75, 3.05) is 0 Å². The molecule has 0 aliphatic heterocycles. The Morgan fingerprint density at radius 2 is 1.77 bits per heavy atom. The third-order valence-electron chi connectivity index (χ3n) is 4.03. The van der Waals surface area contributed by atoms with Crippen LogP contribution in [0.25, 0.3) is 16.9 Å². The van der Waals surface area contributed by atoms with Crippen molar-refractivity contribution in [1.29, 1.82) is 0 Å². The number of nitrogens with zero attached hydrogens (tertiary/aromatic N) is 2. The second kappa shape index (κ2) is 5.44. The molecule has 0 atom stereocenters. The molecule has 1 aromatic carbocycles. The summed E-state index contributed by atoms with van der Waals surface area (Å²) in [6.45, 7) is 8.74. The number of rotatable bonds is 2. The Balaban J connectivity index is 2.13. The molecule has 3 rings (SSSR count). The Labute approximate surface area is 136 Å². The molecule has 0 saturated heterocycles. The van der Waals surface area contributed by atoms with Crippen LogP contribution in [0.2, 0.25) is 0 Å². The van der Waals surface area contributed by atoms with Gasteiger partial charge in [-0.2, -0.15) is 0 Å². The van der Waals surface area contributed by atoms with Crippen molar-refractivity contribution in [3.8, 4) is 11.3 Å². The Hall–Kier alpha value is -1.80. The quantitative estimate of drug-likeness (QED) is 0.583. The van der Waals surface area contributed by atoms with E-state index in [1.54, 1.807) is 0 Å². The molecule has 3 heteroatoms. The van der Waals surface area contributed by atoms with Gasteiger partial charge in [0.05, 0.1) is 17.3 Å². The lowest BCUT2D eigenvalue weighted by molar-refractivity contribution is 0.590. The first kappa shape index (κ1) is 15.1. The summed E-state index contributed by atoms with van der Waals surface area (Å²) in [6, 6.07) is 12.8. The third-order valence-corrected chi connectivity index (χ3v) is 4.28. The number of pyridine rings is 1. The number of aryl methyl sites for hydroxylation is 1. The molecule has 114 valence electrons. The molecule has 0 N–H and O–H groups in total. The van der Waals surface area contributed by atoms with Crippen LogP contribution in [-0.4, -0.2) is 9.38 Å². The van der Waals surface area contributed by atoms with Crippen molar-refractivity contribution in [2.45, 2.75) is 39.0 Å². The second-order valence-corrected chi connectivity index (χ2v) is 7.07. The predicted molar refractivity (Wildman–Crippen MR) is 93.6 cm³/mol. The maximum atomic E-state index is 6.19. The number of fused-ring (bicyclic) bond motifs is 1. The van der Waals surface area contributed by atoms with Crippen molar-refractivity contribution in [3.63, 3.8) is 0 Å². The topological polar surface area (TPSA) is 17.3 Å². The number of imidazole rings is 1. The zero-order valence-electron chi connectivity index (χ0n) is 13.5. The Morgan fingerprint density at radius 3 is 2.36 bits per heavy atom. The highest BCUT2D eigenvalue weighted by Crippen LogP contribution is 2.29. The smallest absolute Gasteiger partial charge is 0.137 e. The molecule has 0 fully saturated rings. The van der Waals surface area contributed by atoms with Crippen LogP contribution in [-0.2, 0) is 11.3 Å². The summed E-state index contributed by atoms with van der Waals surface area (Å²) in [6.07, 6.45) is 2.04. The Morgan fingerprint density at radius 1 is 1.09 bits per heavy atom. The van der Waals surface area contributed by atoms with Gasteiger partial charge < -0.3 is 4.40 Å². The van der Waals surface area contributed by atoms with Crippen molar-refractivity contribution < 1.29 is 0 Å². The molecular weight excluding hydrogens is 292 g/mol. The van der Waals surface area contributed by atoms with E-state index in [0.717, 1.165) is 22.6 Å². The zero-order chi connectivity index (χ0) is 15.9. The molecule has 0 aliphatic rings. The van der Waals surface area contributed by atoms with Gasteiger partial charge in [-0.1, -0.05) is 45.0 Å². The van der Waals surface area contributed by atoms with Gasteiger partial charge in [0.15, 0.2) is 0 Å². The van der Waals surface area contributed by atoms with Gasteiger partial charge in [0.1, 0.15) is 5.65 Å². The molecule has 0 radical (unpaired) electrons. The van der Waals surface area contributed by atoms with Crippen molar-refractivity contribution in [3.05, 3.63) is 59.4 Å². The van der Waals surface area contributed by atoms with Crippen molar-refractivity contribution >= 4 is 17.2 Å². The van der Waals surface area contributed by atoms with Crippen LogP contribution in [0.5, 0.6) is 0 Å². The van der Waals surface area contributed by atoms with Gasteiger partial charge in [-0.15, -0.1) is 11.6 Å². The number of hydrogen-bond acceptors (Lipinski definition) is 1. The summed E-state index contributed by atoms with van der Waals surface area (Å²) in [4.78, 5) is 4.78. The highest BCUT2D eigenvalue weighted by atomic mass is 35.5. The van der Waals surface area contributed by atoms with Gasteiger partial charge in [0.2, 0.25) is 0 Å². The molecule has 0 amide bonds. The van der Waals surface area contributed by atoms with Gasteiger partial charge in [0.25, 0.3) is 0 Å². The fraction of sp³-hybridized carbons (Fsp3) is 0.316. The van der Waals surface area contributed by atoms with E-state index in [2.05, 4.69) is 68.5 Å². The second-order valence-electron chi connectivity index (χ2n) is 6.80. The van der Waals surface area contributed by atoms with E-state index in [1.165, 1.54) is 11.1 Å². The fourth-order valence-electron chi connectivity index (χ4n) is 2.68. The number of benzene rings is 1. The average molecular weight is 313 g/mol. The number of hydrogen-bond donors (Lipinski definition) is 0. The summed E-state index contributed by atoms with van der Waals surface area (Å²) >= 11 is 6.19. The summed E-state index contributed by atoms with van der Waals surface area (Å²) < 4.78 is 2.08. The molecule has 0 unspecified atom stereocenters. The normalized spacial score (nSPS) is 12.0. The van der Waals surface area contributed by atoms with Gasteiger partial charge in [0, 0.05) is 11.8 Å². The highest BCUT2D eigenvalue weighted by molar-refractivity contribution is 6.17. The van der Waals surface area contributed by atoms with E-state index >= 15 is 0 Å². The zero-order valence-corrected chi connectivity index (χ0v) is 14.3. The summed E-state index contributed by atoms with van der Waals surface area (Å²) in [7, 11) is 0. The molecule has 3 aromatic rings. The minimum absolute atomic E-state index is 0.157. The number of halogens is 1. The Bertz CT molecular complexity index is 808. The first-order valence-electron chi connectivity index (χ1n) is 7.54. The van der Waals surface area contributed by atoms with Crippen LogP contribution < -0.4 is 0 Å². The van der Waals surface area contributed by atoms with Gasteiger partial charge in [-0.25, -0.2) is 4.98 Å². The first-order valence-corrected chi connectivity index (χ1v) is 8.08. The number of aromatic nitrogens is 2. The van der Waals surface area contributed by atoms with E-state index in [1.807, 2.05) is 6.20 Å². The maximum Gasteiger partial charge on any atom is 0.137 e. The minimum atomic E-state index is 0.157. The molecule has 2 heterocycles. The highest BCUT2D eigenvalue weighted by Gasteiger charge is 2.16. The predicted octanol–water partition coefficient (Wildman–Crippen LogP) is 5.35. The lowest BCUT2D eigenvalue weighted by Gasteiger charge is -2.19. The number of alkyl halides is 1. The van der Waals surface area contributed by atoms with Crippen molar-refractivity contribution in [2.24, 2.45) is 0 Å². The molecule has 2 nitrogen and oxygen atoms in total. The molecule has 2 aromatic heterocycles. The van der Waals surface area contributed by atoms with Crippen LogP contribution in [0.4, 0.5) is 0 Å². The summed E-state index contributed by atoms with van der Waals surface area (Å²) in [5.74, 6) is 0.445. The van der Waals surface area contributed by atoms with E-state index in [0.29, 0.717) is 5.88 Å². The summed E-state index contributed by atoms with van der Waals surface area (Å²) in [5, 5.41) is 0. The van der Waals surface area contributed by atoms with Crippen LogP contribution in [0.15, 0.2) is 42.6 Å². The van der Waals surface area contributed by atoms with Gasteiger partial charge >= 0.3 is 0 Å². The Kier molecular flexibility index (Phi) is 3.73.